The Morgan fingerprint density at radius 2 is 1.54 bits per heavy atom. The Hall–Kier alpha value is -2.98. The summed E-state index contributed by atoms with van der Waals surface area (Å²) in [6, 6.07) is 24.5. The van der Waals surface area contributed by atoms with Gasteiger partial charge in [-0.15, -0.1) is 0 Å². The number of anilines is 2. The first-order valence-electron chi connectivity index (χ1n) is 8.25. The summed E-state index contributed by atoms with van der Waals surface area (Å²) in [5.41, 5.74) is 2.87. The first kappa shape index (κ1) is 17.8. The predicted molar refractivity (Wildman–Crippen MR) is 106 cm³/mol. The number of benzene rings is 3. The molecule has 0 saturated carbocycles. The average Bonchev–Trinajstić information content (AvgIpc) is 2.67. The van der Waals surface area contributed by atoms with Gasteiger partial charge >= 0.3 is 0 Å². The van der Waals surface area contributed by atoms with Gasteiger partial charge in [0.15, 0.2) is 6.61 Å². The molecule has 26 heavy (non-hydrogen) atoms. The van der Waals surface area contributed by atoms with E-state index in [2.05, 4.69) is 10.6 Å². The Morgan fingerprint density at radius 1 is 0.846 bits per heavy atom. The summed E-state index contributed by atoms with van der Waals surface area (Å²) in [7, 11) is 0. The van der Waals surface area contributed by atoms with Crippen molar-refractivity contribution in [1.29, 1.82) is 0 Å². The Kier molecular flexibility index (Phi) is 6.12. The maximum atomic E-state index is 11.9. The van der Waals surface area contributed by atoms with Crippen LogP contribution in [0.4, 0.5) is 11.4 Å². The molecule has 0 atom stereocenters. The van der Waals surface area contributed by atoms with Crippen molar-refractivity contribution in [3.05, 3.63) is 89.4 Å². The van der Waals surface area contributed by atoms with Crippen LogP contribution in [0.1, 0.15) is 5.56 Å². The number of ether oxygens (including phenoxy) is 1. The molecule has 0 spiro atoms. The number of halogens is 1. The molecule has 0 saturated heterocycles. The van der Waals surface area contributed by atoms with E-state index in [1.807, 2.05) is 78.9 Å². The van der Waals surface area contributed by atoms with E-state index >= 15 is 0 Å². The molecular weight excluding hydrogens is 348 g/mol. The van der Waals surface area contributed by atoms with Crippen LogP contribution in [0, 0.1) is 0 Å². The monoisotopic (exact) mass is 366 g/mol. The van der Waals surface area contributed by atoms with Crippen LogP contribution in [-0.2, 0) is 11.3 Å². The fourth-order valence-electron chi connectivity index (χ4n) is 2.34. The number of carbonyl (C=O) groups is 1. The van der Waals surface area contributed by atoms with E-state index < -0.39 is 0 Å². The average molecular weight is 367 g/mol. The molecule has 0 aromatic heterocycles. The minimum absolute atomic E-state index is 0.0305. The first-order valence-corrected chi connectivity index (χ1v) is 8.63. The third-order valence-corrected chi connectivity index (χ3v) is 3.94. The molecule has 0 aliphatic carbocycles. The smallest absolute Gasteiger partial charge is 0.262 e. The second-order valence-corrected chi connectivity index (χ2v) is 6.14. The van der Waals surface area contributed by atoms with Crippen molar-refractivity contribution in [1.82, 2.24) is 0 Å². The van der Waals surface area contributed by atoms with E-state index in [9.17, 15) is 4.79 Å². The topological polar surface area (TPSA) is 50.4 Å². The molecule has 5 heteroatoms. The quantitative estimate of drug-likeness (QED) is 0.620. The molecule has 0 fully saturated rings. The maximum absolute atomic E-state index is 11.9. The molecule has 0 aliphatic rings. The summed E-state index contributed by atoms with van der Waals surface area (Å²) in [6.45, 7) is 0.660. The first-order chi connectivity index (χ1) is 12.7. The fraction of sp³-hybridized carbons (Fsp3) is 0.0952. The molecule has 0 bridgehead atoms. The van der Waals surface area contributed by atoms with Crippen LogP contribution in [0.15, 0.2) is 78.9 Å². The lowest BCUT2D eigenvalue weighted by Gasteiger charge is -2.09. The van der Waals surface area contributed by atoms with Crippen molar-refractivity contribution in [2.24, 2.45) is 0 Å². The molecule has 0 heterocycles. The van der Waals surface area contributed by atoms with Gasteiger partial charge in [-0.2, -0.15) is 0 Å². The van der Waals surface area contributed by atoms with E-state index in [0.29, 0.717) is 17.3 Å². The minimum Gasteiger partial charge on any atom is -0.484 e. The zero-order valence-electron chi connectivity index (χ0n) is 14.1. The summed E-state index contributed by atoms with van der Waals surface area (Å²) in [6.07, 6.45) is 0. The molecular formula is C21H19ClN2O2. The van der Waals surface area contributed by atoms with Crippen molar-refractivity contribution in [3.8, 4) is 5.75 Å². The summed E-state index contributed by atoms with van der Waals surface area (Å²) < 4.78 is 5.52. The number of amides is 1. The van der Waals surface area contributed by atoms with Gasteiger partial charge in [-0.1, -0.05) is 41.9 Å². The Balaban J connectivity index is 1.45. The highest BCUT2D eigenvalue weighted by atomic mass is 35.5. The second kappa shape index (κ2) is 8.92. The van der Waals surface area contributed by atoms with Crippen LogP contribution < -0.4 is 15.4 Å². The van der Waals surface area contributed by atoms with Crippen LogP contribution in [-0.4, -0.2) is 12.5 Å². The molecule has 3 aromatic carbocycles. The number of carbonyl (C=O) groups excluding carboxylic acids is 1. The predicted octanol–water partition coefficient (Wildman–Crippen LogP) is 4.97. The third-order valence-electron chi connectivity index (χ3n) is 3.69. The molecule has 3 aromatic rings. The van der Waals surface area contributed by atoms with Gasteiger partial charge < -0.3 is 15.4 Å². The van der Waals surface area contributed by atoms with E-state index in [1.54, 1.807) is 0 Å². The SMILES string of the molecule is O=C(COc1ccc(CNc2ccc(Cl)cc2)cc1)Nc1ccccc1. The van der Waals surface area contributed by atoms with Crippen molar-refractivity contribution < 1.29 is 9.53 Å². The van der Waals surface area contributed by atoms with Crippen molar-refractivity contribution >= 4 is 28.9 Å². The van der Waals surface area contributed by atoms with Crippen molar-refractivity contribution in [2.45, 2.75) is 6.54 Å². The Bertz CT molecular complexity index is 834. The third kappa shape index (κ3) is 5.53. The minimum atomic E-state index is -0.190. The lowest BCUT2D eigenvalue weighted by atomic mass is 10.2. The van der Waals surface area contributed by atoms with Gasteiger partial charge in [0, 0.05) is 22.9 Å². The highest BCUT2D eigenvalue weighted by molar-refractivity contribution is 6.30. The summed E-state index contributed by atoms with van der Waals surface area (Å²) in [5, 5.41) is 6.82. The van der Waals surface area contributed by atoms with E-state index in [0.717, 1.165) is 16.9 Å². The number of para-hydroxylation sites is 1. The lowest BCUT2D eigenvalue weighted by Crippen LogP contribution is -2.20. The zero-order valence-corrected chi connectivity index (χ0v) is 14.9. The van der Waals surface area contributed by atoms with Crippen LogP contribution in [0.3, 0.4) is 0 Å². The fourth-order valence-corrected chi connectivity index (χ4v) is 2.47. The van der Waals surface area contributed by atoms with Crippen molar-refractivity contribution in [3.63, 3.8) is 0 Å². The molecule has 4 nitrogen and oxygen atoms in total. The molecule has 132 valence electrons. The van der Waals surface area contributed by atoms with Crippen LogP contribution in [0.25, 0.3) is 0 Å². The highest BCUT2D eigenvalue weighted by Gasteiger charge is 2.03. The lowest BCUT2D eigenvalue weighted by molar-refractivity contribution is -0.118. The van der Waals surface area contributed by atoms with Gasteiger partial charge in [-0.3, -0.25) is 4.79 Å². The zero-order chi connectivity index (χ0) is 18.2. The standard InChI is InChI=1S/C21H19ClN2O2/c22-17-8-10-18(11-9-17)23-14-16-6-12-20(13-7-16)26-15-21(25)24-19-4-2-1-3-5-19/h1-13,23H,14-15H2,(H,24,25). The number of hydrogen-bond donors (Lipinski definition) is 2. The largest absolute Gasteiger partial charge is 0.484 e. The Labute approximate surface area is 157 Å². The van der Waals surface area contributed by atoms with Gasteiger partial charge in [0.1, 0.15) is 5.75 Å². The van der Waals surface area contributed by atoms with Gasteiger partial charge in [0.25, 0.3) is 5.91 Å². The van der Waals surface area contributed by atoms with E-state index in [-0.39, 0.29) is 12.5 Å². The highest BCUT2D eigenvalue weighted by Crippen LogP contribution is 2.16. The van der Waals surface area contributed by atoms with Gasteiger partial charge in [-0.05, 0) is 54.1 Å². The Morgan fingerprint density at radius 3 is 2.23 bits per heavy atom. The van der Waals surface area contributed by atoms with Crippen LogP contribution in [0.2, 0.25) is 5.02 Å². The van der Waals surface area contributed by atoms with Gasteiger partial charge in [0.2, 0.25) is 0 Å². The number of nitrogens with one attached hydrogen (secondary N) is 2. The van der Waals surface area contributed by atoms with Gasteiger partial charge in [0.05, 0.1) is 0 Å². The number of hydrogen-bond acceptors (Lipinski definition) is 3. The molecule has 3 rings (SSSR count). The van der Waals surface area contributed by atoms with Crippen LogP contribution >= 0.6 is 11.6 Å². The van der Waals surface area contributed by atoms with Crippen LogP contribution in [0.5, 0.6) is 5.75 Å². The molecule has 0 unspecified atom stereocenters. The number of rotatable bonds is 7. The second-order valence-electron chi connectivity index (χ2n) is 5.71. The maximum Gasteiger partial charge on any atom is 0.262 e. The molecule has 0 aliphatic heterocycles. The summed E-state index contributed by atoms with van der Waals surface area (Å²) in [5.74, 6) is 0.466. The van der Waals surface area contributed by atoms with Gasteiger partial charge in [-0.25, -0.2) is 0 Å². The van der Waals surface area contributed by atoms with Crippen molar-refractivity contribution in [2.75, 3.05) is 17.2 Å². The van der Waals surface area contributed by atoms with E-state index in [1.165, 1.54) is 0 Å². The molecule has 2 N–H and O–H groups in total. The molecule has 1 amide bonds. The summed E-state index contributed by atoms with van der Waals surface area (Å²) in [4.78, 5) is 11.9. The summed E-state index contributed by atoms with van der Waals surface area (Å²) >= 11 is 5.87. The normalized spacial score (nSPS) is 10.2. The van der Waals surface area contributed by atoms with E-state index in [4.69, 9.17) is 16.3 Å². The molecule has 0 radical (unpaired) electrons.